The standard InChI is InChI=1S/5C16H11N2.C12H10N.C12H11P.C6H6O.C6H6S.5Ni.H2O/c5*1-3-10-17-15(8-1)13-6-5-7-14(12-13)16-9-2-4-11-18-16;2*1-3-7-11(8-4-1)13-12-9-5-2-6-10-12;2*7-6-4-2-1-3-5-6;;;;;;/h5*1-11H;1-10H;1-10,13H;2*1-5,7H;;;;;;1H2/q6*-1;;;;;;;2*+2;/p-1. The first-order valence-electron chi connectivity index (χ1n) is 41.8. The molecular weight excluding hydrogens is 1940 g/mol. The molecule has 10 aromatic heterocycles. The van der Waals surface area contributed by atoms with E-state index < -0.39 is 0 Å². The van der Waals surface area contributed by atoms with Crippen LogP contribution in [-0.4, -0.2) is 60.4 Å². The van der Waals surface area contributed by atoms with Gasteiger partial charge >= 0.3 is 33.0 Å². The Morgan fingerprint density at radius 2 is 0.346 bits per heavy atom. The summed E-state index contributed by atoms with van der Waals surface area (Å²) in [7, 11) is 0.777. The fraction of sp³-hybridized carbons (Fsp3) is 0. The van der Waals surface area contributed by atoms with Crippen LogP contribution in [0.25, 0.3) is 118 Å². The third-order valence-corrected chi connectivity index (χ3v) is 20.0. The van der Waals surface area contributed by atoms with Crippen molar-refractivity contribution in [2.75, 3.05) is 0 Å². The minimum absolute atomic E-state index is 0. The summed E-state index contributed by atoms with van der Waals surface area (Å²) in [4.78, 5) is 44.2. The molecule has 0 atom stereocenters. The van der Waals surface area contributed by atoms with Crippen molar-refractivity contribution in [3.8, 4) is 118 Å². The van der Waals surface area contributed by atoms with Crippen molar-refractivity contribution in [1.29, 1.82) is 0 Å². The summed E-state index contributed by atoms with van der Waals surface area (Å²) in [5.41, 5.74) is 21.1. The Balaban J connectivity index is 0.000000210. The van der Waals surface area contributed by atoms with Gasteiger partial charge in [0.15, 0.2) is 0 Å². The Morgan fingerprint density at radius 1 is 0.191 bits per heavy atom. The van der Waals surface area contributed by atoms with Crippen molar-refractivity contribution >= 4 is 43.2 Å². The fourth-order valence-corrected chi connectivity index (χ4v) is 13.5. The van der Waals surface area contributed by atoms with Crippen LogP contribution in [0.3, 0.4) is 0 Å². The van der Waals surface area contributed by atoms with Crippen LogP contribution < -0.4 is 10.6 Å². The number of para-hydroxylation sites is 3. The van der Waals surface area contributed by atoms with Gasteiger partial charge in [-0.3, -0.25) is 49.8 Å². The number of phenols is 1. The summed E-state index contributed by atoms with van der Waals surface area (Å²) >= 11 is 4.81. The maximum atomic E-state index is 8.63. The van der Waals surface area contributed by atoms with Gasteiger partial charge in [0.1, 0.15) is 5.75 Å². The van der Waals surface area contributed by atoms with E-state index in [-0.39, 0.29) is 87.9 Å². The van der Waals surface area contributed by atoms with E-state index in [1.807, 2.05) is 370 Å². The van der Waals surface area contributed by atoms with Gasteiger partial charge < -0.3 is 28.5 Å². The van der Waals surface area contributed by atoms with E-state index in [0.29, 0.717) is 5.75 Å². The number of hydrogen-bond acceptors (Lipinski definition) is 12. The van der Waals surface area contributed by atoms with Gasteiger partial charge in [0.05, 0.1) is 0 Å². The first-order chi connectivity index (χ1) is 64.3. The average Bonchev–Trinajstić information content (AvgIpc) is 0.853. The van der Waals surface area contributed by atoms with Gasteiger partial charge in [0.2, 0.25) is 0 Å². The molecule has 0 spiro atoms. The van der Waals surface area contributed by atoms with E-state index in [2.05, 4.69) is 146 Å². The number of aromatic hydroxyl groups is 1. The van der Waals surface area contributed by atoms with Crippen LogP contribution in [-0.2, 0) is 95.1 Å². The summed E-state index contributed by atoms with van der Waals surface area (Å²) in [6.45, 7) is 0. The molecular formula is C116H89N11Ni5O2PS-3. The zero-order chi connectivity index (χ0) is 89.1. The normalized spacial score (nSPS) is 9.50. The third-order valence-electron chi connectivity index (χ3n) is 18.5. The number of hydrogen-bond donors (Lipinski definition) is 1. The fourth-order valence-electron chi connectivity index (χ4n) is 12.3. The Hall–Kier alpha value is -14.4. The second kappa shape index (κ2) is 62.9. The molecule has 0 bridgehead atoms. The van der Waals surface area contributed by atoms with Gasteiger partial charge in [-0.2, -0.15) is 4.90 Å². The minimum Gasteiger partial charge on any atom is -0.780 e. The molecule has 11 aromatic carbocycles. The molecule has 0 aliphatic heterocycles. The summed E-state index contributed by atoms with van der Waals surface area (Å²) in [6, 6.07) is 165. The predicted octanol–water partition coefficient (Wildman–Crippen LogP) is 26.5. The van der Waals surface area contributed by atoms with Crippen molar-refractivity contribution in [3.05, 3.63) is 553 Å². The number of phenolic OH excluding ortho intramolecular Hbond substituents is 1. The average molecular weight is 2030 g/mol. The van der Waals surface area contributed by atoms with Gasteiger partial charge in [-0.25, -0.2) is 0 Å². The zero-order valence-corrected chi connectivity index (χ0v) is 79.7. The summed E-state index contributed by atoms with van der Waals surface area (Å²) in [6.07, 6.45) is 17.9. The molecule has 3 N–H and O–H groups in total. The molecule has 0 saturated heterocycles. The largest absolute Gasteiger partial charge is 2.00 e. The van der Waals surface area contributed by atoms with Crippen molar-refractivity contribution < 1.29 is 93.0 Å². The molecule has 20 heteroatoms. The van der Waals surface area contributed by atoms with Gasteiger partial charge in [-0.1, -0.05) is 355 Å². The smallest absolute Gasteiger partial charge is 0.780 e. The van der Waals surface area contributed by atoms with E-state index >= 15 is 0 Å². The molecule has 0 aliphatic rings. The van der Waals surface area contributed by atoms with Gasteiger partial charge in [-0.05, 0) is 83.4 Å². The van der Waals surface area contributed by atoms with Crippen molar-refractivity contribution in [3.63, 3.8) is 0 Å². The number of aromatic nitrogens is 10. The Morgan fingerprint density at radius 3 is 0.485 bits per heavy atom. The monoisotopic (exact) mass is 2020 g/mol. The molecule has 684 valence electrons. The van der Waals surface area contributed by atoms with Crippen molar-refractivity contribution in [2.45, 2.75) is 4.90 Å². The number of benzene rings is 11. The van der Waals surface area contributed by atoms with Crippen molar-refractivity contribution in [2.24, 2.45) is 0 Å². The molecule has 0 saturated carbocycles. The first-order valence-corrected chi connectivity index (χ1v) is 43.2. The van der Waals surface area contributed by atoms with E-state index in [9.17, 15) is 0 Å². The summed E-state index contributed by atoms with van der Waals surface area (Å²) < 4.78 is 0. The predicted molar refractivity (Wildman–Crippen MR) is 539 cm³/mol. The van der Waals surface area contributed by atoms with Crippen LogP contribution in [0.2, 0.25) is 0 Å². The van der Waals surface area contributed by atoms with E-state index in [4.69, 9.17) is 17.7 Å². The minimum atomic E-state index is 0. The zero-order valence-electron chi connectivity index (χ0n) is 72.9. The molecule has 10 heterocycles. The topological polar surface area (TPSA) is 195 Å². The first kappa shape index (κ1) is 109. The molecule has 0 amide bonds. The molecule has 21 rings (SSSR count). The van der Waals surface area contributed by atoms with Gasteiger partial charge in [-0.15, -0.1) is 133 Å². The van der Waals surface area contributed by atoms with Crippen LogP contribution >= 0.6 is 8.58 Å². The second-order valence-corrected chi connectivity index (χ2v) is 29.7. The van der Waals surface area contributed by atoms with E-state index in [1.54, 1.807) is 86.2 Å². The summed E-state index contributed by atoms with van der Waals surface area (Å²) in [5.74, 6) is 0.322. The Labute approximate surface area is 854 Å². The van der Waals surface area contributed by atoms with Crippen LogP contribution in [0.4, 0.5) is 11.4 Å². The van der Waals surface area contributed by atoms with Gasteiger partial charge in [0, 0.05) is 168 Å². The van der Waals surface area contributed by atoms with Crippen LogP contribution in [0, 0.1) is 30.3 Å². The van der Waals surface area contributed by atoms with Crippen LogP contribution in [0.15, 0.2) is 522 Å². The Bertz CT molecular complexity index is 5560. The second-order valence-electron chi connectivity index (χ2n) is 27.8. The molecule has 0 unspecified atom stereocenters. The maximum absolute atomic E-state index is 8.63. The van der Waals surface area contributed by atoms with Crippen LogP contribution in [0.5, 0.6) is 5.75 Å². The molecule has 136 heavy (non-hydrogen) atoms. The van der Waals surface area contributed by atoms with Crippen LogP contribution in [0.1, 0.15) is 0 Å². The number of rotatable bonds is 14. The number of pyridine rings is 10. The van der Waals surface area contributed by atoms with Gasteiger partial charge in [0.25, 0.3) is 0 Å². The SMILES string of the molecule is O.Oc1ccccc1.[Ni+2].[Ni+2].[Ni].[Ni].[Ni].[S-]c1ccccc1.[c-]1c(-c2ccccn2)cccc1-c1ccccn1.[c-]1c(-c2ccccn2)cccc1-c1ccccn1.[c-]1c(-c2ccccn2)cccc1-c1ccccn1.[c-]1c(-c2ccccn2)cccc1-c1ccccn1.[c-]1c(-c2ccccn2)cccc1-c1ccccn1.c1ccc(Pc2ccccc2)cc1.c1ccc([N-]c2ccccc2)cc1. The molecule has 0 radical (unpaired) electrons. The summed E-state index contributed by atoms with van der Waals surface area (Å²) in [5, 5.41) is 15.9. The Kier molecular flexibility index (Phi) is 50.2. The molecule has 13 nitrogen and oxygen atoms in total. The third kappa shape index (κ3) is 37.6. The molecule has 21 aromatic rings. The molecule has 0 fully saturated rings. The van der Waals surface area contributed by atoms with E-state index in [1.165, 1.54) is 10.6 Å². The van der Waals surface area contributed by atoms with Crippen molar-refractivity contribution in [1.82, 2.24) is 49.8 Å². The quantitative estimate of drug-likeness (QED) is 0.0469. The molecule has 0 aliphatic carbocycles. The van der Waals surface area contributed by atoms with E-state index in [0.717, 1.165) is 137 Å². The maximum Gasteiger partial charge on any atom is 2.00 e. The number of nitrogens with zero attached hydrogens (tertiary/aromatic N) is 11.